The Morgan fingerprint density at radius 2 is 0.951 bits per heavy atom. The number of carbonyl (C=O) groups is 2. The van der Waals surface area contributed by atoms with Crippen LogP contribution in [0.15, 0.2) is 84.9 Å². The topological polar surface area (TPSA) is 95.1 Å². The van der Waals surface area contributed by atoms with Gasteiger partial charge in [-0.1, -0.05) is 36.4 Å². The van der Waals surface area contributed by atoms with E-state index >= 15 is 0 Å². The smallest absolute Gasteiger partial charge is 0.262 e. The number of rotatable bonds is 12. The molecule has 4 aromatic rings. The van der Waals surface area contributed by atoms with Gasteiger partial charge in [0, 0.05) is 11.4 Å². The molecule has 8 heteroatoms. The van der Waals surface area contributed by atoms with Crippen LogP contribution in [0.3, 0.4) is 0 Å². The summed E-state index contributed by atoms with van der Waals surface area (Å²) in [5, 5.41) is 5.69. The van der Waals surface area contributed by atoms with E-state index in [1.165, 1.54) is 0 Å². The minimum Gasteiger partial charge on any atom is -0.493 e. The quantitative estimate of drug-likeness (QED) is 0.225. The number of nitrogens with one attached hydrogen (secondary N) is 2. The summed E-state index contributed by atoms with van der Waals surface area (Å²) >= 11 is 0. The highest BCUT2D eigenvalue weighted by molar-refractivity contribution is 5.92. The number of anilines is 2. The van der Waals surface area contributed by atoms with Crippen LogP contribution in [0.25, 0.3) is 0 Å². The molecule has 0 radical (unpaired) electrons. The van der Waals surface area contributed by atoms with Crippen molar-refractivity contribution in [1.82, 2.24) is 0 Å². The molecule has 0 aliphatic heterocycles. The first-order chi connectivity index (χ1) is 19.8. The van der Waals surface area contributed by atoms with E-state index in [0.717, 1.165) is 22.3 Å². The molecular formula is C33H34N2O6. The molecule has 2 amide bonds. The van der Waals surface area contributed by atoms with Crippen LogP contribution in [-0.4, -0.2) is 39.2 Å². The molecular weight excluding hydrogens is 520 g/mol. The predicted molar refractivity (Wildman–Crippen MR) is 159 cm³/mol. The zero-order valence-corrected chi connectivity index (χ0v) is 23.7. The maximum absolute atomic E-state index is 12.4. The summed E-state index contributed by atoms with van der Waals surface area (Å²) in [5.74, 6) is 1.69. The summed E-state index contributed by atoms with van der Waals surface area (Å²) in [6.07, 6.45) is 0.703. The molecule has 0 aromatic heterocycles. The summed E-state index contributed by atoms with van der Waals surface area (Å²) in [7, 11) is 3.13. The third-order valence-electron chi connectivity index (χ3n) is 6.24. The molecule has 0 bridgehead atoms. The second-order valence-electron chi connectivity index (χ2n) is 9.55. The van der Waals surface area contributed by atoms with Gasteiger partial charge in [0.1, 0.15) is 0 Å². The third kappa shape index (κ3) is 8.50. The summed E-state index contributed by atoms with van der Waals surface area (Å²) < 4.78 is 21.9. The molecule has 2 N–H and O–H groups in total. The third-order valence-corrected chi connectivity index (χ3v) is 6.24. The molecule has 0 heterocycles. The van der Waals surface area contributed by atoms with Crippen molar-refractivity contribution in [2.45, 2.75) is 20.3 Å². The Kier molecular flexibility index (Phi) is 9.83. The van der Waals surface area contributed by atoms with E-state index in [0.29, 0.717) is 40.8 Å². The zero-order chi connectivity index (χ0) is 29.2. The molecule has 0 saturated carbocycles. The fourth-order valence-electron chi connectivity index (χ4n) is 4.12. The van der Waals surface area contributed by atoms with Crippen LogP contribution < -0.4 is 29.6 Å². The van der Waals surface area contributed by atoms with Gasteiger partial charge in [0.05, 0.1) is 14.2 Å². The van der Waals surface area contributed by atoms with Crippen molar-refractivity contribution >= 4 is 23.2 Å². The largest absolute Gasteiger partial charge is 0.493 e. The highest BCUT2D eigenvalue weighted by Crippen LogP contribution is 2.28. The van der Waals surface area contributed by atoms with Crippen LogP contribution >= 0.6 is 0 Å². The molecule has 0 saturated heterocycles. The van der Waals surface area contributed by atoms with Gasteiger partial charge in [-0.05, 0) is 91.1 Å². The fraction of sp³-hybridized carbons (Fsp3) is 0.212. The number of hydrogen-bond donors (Lipinski definition) is 2. The van der Waals surface area contributed by atoms with Crippen molar-refractivity contribution in [3.05, 3.63) is 107 Å². The lowest BCUT2D eigenvalue weighted by Crippen LogP contribution is -2.20. The van der Waals surface area contributed by atoms with Crippen molar-refractivity contribution in [2.75, 3.05) is 38.1 Å². The number of aryl methyl sites for hydroxylation is 2. The van der Waals surface area contributed by atoms with Crippen molar-refractivity contribution in [2.24, 2.45) is 0 Å². The summed E-state index contributed by atoms with van der Waals surface area (Å²) in [5.41, 5.74) is 5.62. The summed E-state index contributed by atoms with van der Waals surface area (Å²) in [4.78, 5) is 24.7. The van der Waals surface area contributed by atoms with Crippen LogP contribution in [0.5, 0.6) is 23.0 Å². The van der Waals surface area contributed by atoms with Gasteiger partial charge in [-0.25, -0.2) is 0 Å². The van der Waals surface area contributed by atoms with Crippen LogP contribution in [0.2, 0.25) is 0 Å². The first-order valence-electron chi connectivity index (χ1n) is 13.2. The average Bonchev–Trinajstić information content (AvgIpc) is 2.97. The van der Waals surface area contributed by atoms with E-state index in [1.54, 1.807) is 26.4 Å². The maximum Gasteiger partial charge on any atom is 0.262 e. The maximum atomic E-state index is 12.4. The van der Waals surface area contributed by atoms with Gasteiger partial charge in [0.2, 0.25) is 0 Å². The number of methoxy groups -OCH3 is 2. The predicted octanol–water partition coefficient (Wildman–Crippen LogP) is 5.95. The highest BCUT2D eigenvalue weighted by Gasteiger charge is 2.10. The molecule has 4 rings (SSSR count). The minimum atomic E-state index is -0.263. The van der Waals surface area contributed by atoms with E-state index in [9.17, 15) is 9.59 Å². The lowest BCUT2D eigenvalue weighted by atomic mass is 10.0. The van der Waals surface area contributed by atoms with Crippen molar-refractivity contribution < 1.29 is 28.5 Å². The van der Waals surface area contributed by atoms with Crippen molar-refractivity contribution in [1.29, 1.82) is 0 Å². The first-order valence-corrected chi connectivity index (χ1v) is 13.2. The number of benzene rings is 4. The van der Waals surface area contributed by atoms with E-state index in [-0.39, 0.29) is 25.0 Å². The Labute approximate surface area is 240 Å². The molecule has 0 atom stereocenters. The molecule has 0 unspecified atom stereocenters. The molecule has 8 nitrogen and oxygen atoms in total. The van der Waals surface area contributed by atoms with Crippen LogP contribution in [-0.2, 0) is 16.0 Å². The normalized spacial score (nSPS) is 10.4. The fourth-order valence-corrected chi connectivity index (χ4v) is 4.12. The Morgan fingerprint density at radius 3 is 1.32 bits per heavy atom. The van der Waals surface area contributed by atoms with E-state index in [2.05, 4.69) is 10.6 Å². The Bertz CT molecular complexity index is 1370. The minimum absolute atomic E-state index is 0.129. The van der Waals surface area contributed by atoms with E-state index in [4.69, 9.17) is 18.9 Å². The monoisotopic (exact) mass is 554 g/mol. The molecule has 41 heavy (non-hydrogen) atoms. The molecule has 4 aromatic carbocycles. The molecule has 0 aliphatic carbocycles. The average molecular weight is 555 g/mol. The van der Waals surface area contributed by atoms with Gasteiger partial charge >= 0.3 is 0 Å². The van der Waals surface area contributed by atoms with Gasteiger partial charge in [0.15, 0.2) is 36.2 Å². The van der Waals surface area contributed by atoms with E-state index < -0.39 is 0 Å². The Morgan fingerprint density at radius 1 is 0.561 bits per heavy atom. The van der Waals surface area contributed by atoms with Gasteiger partial charge in [-0.15, -0.1) is 0 Å². The van der Waals surface area contributed by atoms with Crippen LogP contribution in [0.1, 0.15) is 22.3 Å². The Balaban J connectivity index is 1.23. The lowest BCUT2D eigenvalue weighted by molar-refractivity contribution is -0.118. The standard InChI is InChI=1S/C33H34N2O6/c1-22-5-15-28(30(17-22)38-3)40-20-32(36)34-26-11-7-24(8-12-26)19-25-9-13-27(14-10-25)35-33(37)21-41-29-16-6-23(2)18-31(29)39-4/h5-18H,19-21H2,1-4H3,(H,34,36)(H,35,37). The first kappa shape index (κ1) is 29.0. The SMILES string of the molecule is COc1cc(C)ccc1OCC(=O)Nc1ccc(Cc2ccc(NC(=O)COc3ccc(C)cc3OC)cc2)cc1. The van der Waals surface area contributed by atoms with Gasteiger partial charge in [-0.3, -0.25) is 9.59 Å². The van der Waals surface area contributed by atoms with E-state index in [1.807, 2.05) is 86.6 Å². The summed E-state index contributed by atoms with van der Waals surface area (Å²) in [6, 6.07) is 26.4. The number of hydrogen-bond acceptors (Lipinski definition) is 6. The van der Waals surface area contributed by atoms with Crippen LogP contribution in [0.4, 0.5) is 11.4 Å². The number of amides is 2. The second kappa shape index (κ2) is 13.9. The highest BCUT2D eigenvalue weighted by atomic mass is 16.5. The summed E-state index contributed by atoms with van der Waals surface area (Å²) in [6.45, 7) is 3.66. The van der Waals surface area contributed by atoms with Gasteiger partial charge < -0.3 is 29.6 Å². The van der Waals surface area contributed by atoms with Crippen molar-refractivity contribution in [3.8, 4) is 23.0 Å². The lowest BCUT2D eigenvalue weighted by Gasteiger charge is -2.12. The van der Waals surface area contributed by atoms with Crippen LogP contribution in [0, 0.1) is 13.8 Å². The molecule has 0 spiro atoms. The van der Waals surface area contributed by atoms with Gasteiger partial charge in [-0.2, -0.15) is 0 Å². The molecule has 0 fully saturated rings. The molecule has 0 aliphatic rings. The Hall–Kier alpha value is -4.98. The zero-order valence-electron chi connectivity index (χ0n) is 23.7. The number of carbonyl (C=O) groups excluding carboxylic acids is 2. The number of ether oxygens (including phenoxy) is 4. The second-order valence-corrected chi connectivity index (χ2v) is 9.55. The molecule has 212 valence electrons. The van der Waals surface area contributed by atoms with Gasteiger partial charge in [0.25, 0.3) is 11.8 Å². The van der Waals surface area contributed by atoms with Crippen molar-refractivity contribution in [3.63, 3.8) is 0 Å².